The van der Waals surface area contributed by atoms with Gasteiger partial charge in [-0.3, -0.25) is 38.9 Å². The molecule has 0 aliphatic carbocycles. The smallest absolute Gasteiger partial charge is 0.279 e. The van der Waals surface area contributed by atoms with Crippen molar-refractivity contribution in [3.63, 3.8) is 0 Å². The number of amides is 4. The first-order valence-corrected chi connectivity index (χ1v) is 27.6. The van der Waals surface area contributed by atoms with Gasteiger partial charge in [0.2, 0.25) is 11.8 Å². The number of fused-ring (bicyclic) bond motifs is 2. The molecule has 4 aromatic heterocycles. The van der Waals surface area contributed by atoms with Crippen LogP contribution < -0.4 is 25.3 Å². The fourth-order valence-corrected chi connectivity index (χ4v) is 12.0. The van der Waals surface area contributed by atoms with Gasteiger partial charge in [0.1, 0.15) is 29.8 Å². The third-order valence-corrected chi connectivity index (χ3v) is 16.3. The number of H-pyrrole nitrogens is 1. The van der Waals surface area contributed by atoms with E-state index in [1.807, 2.05) is 97.1 Å². The molecular weight excluding hydrogens is 1020 g/mol. The van der Waals surface area contributed by atoms with E-state index in [9.17, 15) is 9.90 Å². The van der Waals surface area contributed by atoms with Gasteiger partial charge >= 0.3 is 0 Å². The summed E-state index contributed by atoms with van der Waals surface area (Å²) in [5.74, 6) is -1.44. The Morgan fingerprint density at radius 1 is 0.641 bits per heavy atom. The molecule has 8 aromatic rings. The molecule has 6 heterocycles. The minimum Gasteiger partial charge on any atom is -0.406 e. The van der Waals surface area contributed by atoms with Crippen LogP contribution in [0.15, 0.2) is 181 Å². The number of aromatic amines is 1. The van der Waals surface area contributed by atoms with Crippen molar-refractivity contribution < 1.29 is 29.1 Å². The van der Waals surface area contributed by atoms with Crippen molar-refractivity contribution in [1.82, 2.24) is 40.3 Å². The number of benzene rings is 4. The molecule has 16 nitrogen and oxygen atoms in total. The summed E-state index contributed by atoms with van der Waals surface area (Å²) < 4.78 is 1.35. The number of nitrogens with one attached hydrogen (secondary N) is 3. The van der Waals surface area contributed by atoms with E-state index in [0.29, 0.717) is 34.0 Å². The number of rotatable bonds is 14. The number of nitrogens with zero attached hydrogens (tertiary/aromatic N) is 7. The second-order valence-electron chi connectivity index (χ2n) is 21.3. The molecule has 78 heavy (non-hydrogen) atoms. The van der Waals surface area contributed by atoms with E-state index in [2.05, 4.69) is 77.1 Å². The maximum absolute atomic E-state index is 15.4. The molecule has 398 valence electrons. The Morgan fingerprint density at radius 3 is 1.64 bits per heavy atom. The Bertz CT molecular complexity index is 3400. The number of carbonyl (C=O) groups is 4. The predicted octanol–water partition coefficient (Wildman–Crippen LogP) is 9.55. The number of aromatic nitrogens is 6. The number of hydrogen-bond acceptors (Lipinski definition) is 12. The molecule has 0 fully saturated rings. The Hall–Kier alpha value is -8.06. The summed E-state index contributed by atoms with van der Waals surface area (Å²) in [5.41, 5.74) is 5.10. The molecule has 0 saturated heterocycles. The number of thioether (sulfide) groups is 2. The molecule has 10 rings (SSSR count). The lowest BCUT2D eigenvalue weighted by atomic mass is 9.87. The number of anilines is 2. The van der Waals surface area contributed by atoms with E-state index < -0.39 is 60.0 Å². The monoisotopic (exact) mass is 1080 g/mol. The van der Waals surface area contributed by atoms with Crippen LogP contribution in [-0.2, 0) is 20.4 Å². The van der Waals surface area contributed by atoms with Crippen LogP contribution in [0.3, 0.4) is 0 Å². The summed E-state index contributed by atoms with van der Waals surface area (Å²) in [5, 5.41) is 17.8. The fraction of sp³-hybridized carbons (Fsp3) is 0.267. The van der Waals surface area contributed by atoms with Crippen LogP contribution >= 0.6 is 23.5 Å². The zero-order valence-corrected chi connectivity index (χ0v) is 45.6. The molecule has 0 saturated carbocycles. The minimum absolute atomic E-state index is 0.0397. The van der Waals surface area contributed by atoms with E-state index >= 15 is 14.4 Å². The summed E-state index contributed by atoms with van der Waals surface area (Å²) >= 11 is 3.07. The van der Waals surface area contributed by atoms with Gasteiger partial charge in [0.05, 0.1) is 30.7 Å². The van der Waals surface area contributed by atoms with Gasteiger partial charge in [-0.05, 0) is 81.6 Å². The molecule has 0 spiro atoms. The first kappa shape index (κ1) is 53.3. The summed E-state index contributed by atoms with van der Waals surface area (Å²) in [4.78, 5) is 92.6. The maximum Gasteiger partial charge on any atom is 0.279 e. The van der Waals surface area contributed by atoms with Crippen LogP contribution in [0.5, 0.6) is 0 Å². The average Bonchev–Trinajstić information content (AvgIpc) is 4.27. The number of pyridine rings is 2. The van der Waals surface area contributed by atoms with Gasteiger partial charge in [-0.15, -0.1) is 23.5 Å². The van der Waals surface area contributed by atoms with Crippen LogP contribution in [0.4, 0.5) is 11.4 Å². The van der Waals surface area contributed by atoms with Crippen LogP contribution in [0.25, 0.3) is 0 Å². The van der Waals surface area contributed by atoms with Crippen molar-refractivity contribution in [1.29, 1.82) is 0 Å². The van der Waals surface area contributed by atoms with Crippen LogP contribution in [0.1, 0.15) is 120 Å². The zero-order valence-electron chi connectivity index (χ0n) is 44.0. The van der Waals surface area contributed by atoms with E-state index in [-0.39, 0.29) is 22.2 Å². The Balaban J connectivity index is 0.993. The molecule has 2 aliphatic rings. The first-order chi connectivity index (χ1) is 37.5. The first-order valence-electron chi connectivity index (χ1n) is 25.6. The lowest BCUT2D eigenvalue weighted by Gasteiger charge is -2.36. The average molecular weight is 1080 g/mol. The largest absolute Gasteiger partial charge is 0.406 e. The van der Waals surface area contributed by atoms with Crippen LogP contribution in [-0.4, -0.2) is 82.1 Å². The lowest BCUT2D eigenvalue weighted by Crippen LogP contribution is -2.50. The summed E-state index contributed by atoms with van der Waals surface area (Å²) in [7, 11) is 0. The third kappa shape index (κ3) is 11.3. The number of hydrogen-bond donors (Lipinski definition) is 4. The summed E-state index contributed by atoms with van der Waals surface area (Å²) in [6, 6.07) is 33.4. The minimum atomic E-state index is -1.28. The molecular formula is C60H60N10O6S2. The van der Waals surface area contributed by atoms with Gasteiger partial charge in [0.25, 0.3) is 11.8 Å². The predicted molar refractivity (Wildman–Crippen MR) is 301 cm³/mol. The highest BCUT2D eigenvalue weighted by Crippen LogP contribution is 2.41. The molecule has 0 radical (unpaired) electrons. The molecule has 2 unspecified atom stereocenters. The van der Waals surface area contributed by atoms with Crippen LogP contribution in [0.2, 0.25) is 0 Å². The molecule has 18 heteroatoms. The van der Waals surface area contributed by atoms with Crippen molar-refractivity contribution in [3.8, 4) is 0 Å². The molecule has 0 bridgehead atoms. The van der Waals surface area contributed by atoms with E-state index in [4.69, 9.17) is 4.84 Å². The van der Waals surface area contributed by atoms with Gasteiger partial charge in [0, 0.05) is 74.8 Å². The Morgan fingerprint density at radius 2 is 1.14 bits per heavy atom. The van der Waals surface area contributed by atoms with Crippen molar-refractivity contribution in [2.45, 2.75) is 98.5 Å². The van der Waals surface area contributed by atoms with Crippen molar-refractivity contribution >= 4 is 58.5 Å². The van der Waals surface area contributed by atoms with Gasteiger partial charge < -0.3 is 25.6 Å². The summed E-state index contributed by atoms with van der Waals surface area (Å²) in [6.45, 7) is 12.6. The second-order valence-corrected chi connectivity index (χ2v) is 23.4. The van der Waals surface area contributed by atoms with E-state index in [0.717, 1.165) is 32.0 Å². The molecule has 6 atom stereocenters. The van der Waals surface area contributed by atoms with Crippen molar-refractivity contribution in [3.05, 3.63) is 216 Å². The van der Waals surface area contributed by atoms with Gasteiger partial charge in [0.15, 0.2) is 6.10 Å². The quantitative estimate of drug-likeness (QED) is 0.0805. The normalized spacial score (nSPS) is 17.8. The third-order valence-electron chi connectivity index (χ3n) is 13.9. The molecule has 2 aliphatic heterocycles. The van der Waals surface area contributed by atoms with Crippen molar-refractivity contribution in [2.75, 3.05) is 21.3 Å². The highest BCUT2D eigenvalue weighted by atomic mass is 32.2. The second kappa shape index (κ2) is 22.5. The summed E-state index contributed by atoms with van der Waals surface area (Å²) in [6.07, 6.45) is 10.4. The number of aliphatic hydroxyl groups excluding tert-OH is 1. The lowest BCUT2D eigenvalue weighted by molar-refractivity contribution is -0.125. The SMILES string of the molecule is CC(C)(C)c1ccc(N(C(=O)c2c[nH]cn2)C(C(=O)N[C@@H]2c3ccccc3SC[C@H]2On2cnc(C(=O)N(c3ccc(C(C)(C)C)cc3)C(C(=O)N[C@H]3c4ccccc4SC[C@@H]3O)c3cccnc3)c2)c2cccnc2)cc1. The van der Waals surface area contributed by atoms with E-state index in [1.54, 1.807) is 60.8 Å². The number of imidazole rings is 2. The molecule has 4 N–H and O–H groups in total. The topological polar surface area (TPSA) is 201 Å². The van der Waals surface area contributed by atoms with Crippen LogP contribution in [0, 0.1) is 0 Å². The molecule has 4 aromatic carbocycles. The van der Waals surface area contributed by atoms with Crippen molar-refractivity contribution in [2.24, 2.45) is 0 Å². The number of aliphatic hydroxyl groups is 1. The van der Waals surface area contributed by atoms with Gasteiger partial charge in [-0.2, -0.15) is 4.73 Å². The van der Waals surface area contributed by atoms with Gasteiger partial charge in [-0.1, -0.05) is 114 Å². The maximum atomic E-state index is 15.4. The number of carbonyl (C=O) groups excluding carboxylic acids is 4. The zero-order chi connectivity index (χ0) is 54.7. The Labute approximate surface area is 461 Å². The standard InChI is InChI=1S/C60H60N10O6S2/c1-59(2,3)39-19-23-41(24-20-39)69(57(74)45-31-63-35-64-45)54(38-14-12-28-62-30-38)56(73)67-52-44-16-8-10-18-50(44)78-34-48(52)76-68-32-46(65-36-68)58(75)70(42-25-21-40(22-26-42)60(4,5)6)53(37-13-11-27-61-29-37)55(72)66-51-43-15-7-9-17-49(43)77-33-47(51)71/h7-32,35-36,47-48,51-54,71H,33-34H2,1-6H3,(H,63,64)(H,66,72)(H,67,73)/t47-,48+,51-,52+,53?,54?/m0/s1. The van der Waals surface area contributed by atoms with E-state index in [1.165, 1.54) is 51.3 Å². The fourth-order valence-electron chi connectivity index (χ4n) is 9.76. The Kier molecular flexibility index (Phi) is 15.4. The molecule has 4 amide bonds. The van der Waals surface area contributed by atoms with Gasteiger partial charge in [-0.25, -0.2) is 9.97 Å². The highest BCUT2D eigenvalue weighted by Gasteiger charge is 2.42. The highest BCUT2D eigenvalue weighted by molar-refractivity contribution is 7.99.